The predicted molar refractivity (Wildman–Crippen MR) is 127 cm³/mol. The number of hydrogen-bond donors (Lipinski definition) is 1. The Morgan fingerprint density at radius 3 is 2.35 bits per heavy atom. The van der Waals surface area contributed by atoms with Crippen LogP contribution in [0.25, 0.3) is 17.1 Å². The van der Waals surface area contributed by atoms with Crippen LogP contribution < -0.4 is 5.32 Å². The smallest absolute Gasteiger partial charge is 0.234 e. The second-order valence-electron chi connectivity index (χ2n) is 7.48. The molecule has 0 fully saturated rings. The monoisotopic (exact) mass is 428 g/mol. The number of aromatic nitrogens is 3. The highest BCUT2D eigenvalue weighted by molar-refractivity contribution is 7.99. The van der Waals surface area contributed by atoms with E-state index in [1.165, 1.54) is 22.9 Å². The van der Waals surface area contributed by atoms with Gasteiger partial charge in [0.05, 0.1) is 11.4 Å². The number of carbonyl (C=O) groups excluding carboxylic acids is 1. The average molecular weight is 429 g/mol. The molecule has 156 valence electrons. The van der Waals surface area contributed by atoms with Gasteiger partial charge in [0.1, 0.15) is 0 Å². The molecule has 0 atom stereocenters. The number of anilines is 1. The standard InChI is InChI=1S/C25H24N4OS/c1-17-9-12-21(13-10-17)26-23(30)16-31-25-28-27-24(20-7-5-4-6-8-20)29(25)22-14-11-18(2)19(3)15-22/h4-15H,16H2,1-3H3,(H,26,30). The zero-order valence-electron chi connectivity index (χ0n) is 17.8. The molecule has 0 radical (unpaired) electrons. The fourth-order valence-corrected chi connectivity index (χ4v) is 3.95. The first kappa shape index (κ1) is 20.9. The van der Waals surface area contributed by atoms with Gasteiger partial charge in [0.2, 0.25) is 5.91 Å². The minimum atomic E-state index is -0.0789. The van der Waals surface area contributed by atoms with Crippen molar-refractivity contribution >= 4 is 23.4 Å². The van der Waals surface area contributed by atoms with E-state index in [-0.39, 0.29) is 11.7 Å². The zero-order valence-corrected chi connectivity index (χ0v) is 18.6. The van der Waals surface area contributed by atoms with Crippen LogP contribution in [-0.4, -0.2) is 26.4 Å². The average Bonchev–Trinajstić information content (AvgIpc) is 3.20. The van der Waals surface area contributed by atoms with Gasteiger partial charge >= 0.3 is 0 Å². The van der Waals surface area contributed by atoms with E-state index in [4.69, 9.17) is 0 Å². The van der Waals surface area contributed by atoms with Gasteiger partial charge in [-0.1, -0.05) is 65.9 Å². The molecular formula is C25H24N4OS. The first-order valence-corrected chi connectivity index (χ1v) is 11.1. The highest BCUT2D eigenvalue weighted by Gasteiger charge is 2.17. The third-order valence-corrected chi connectivity index (χ3v) is 6.01. The van der Waals surface area contributed by atoms with Gasteiger partial charge in [-0.2, -0.15) is 0 Å². The zero-order chi connectivity index (χ0) is 21.8. The predicted octanol–water partition coefficient (Wildman–Crippen LogP) is 5.59. The Morgan fingerprint density at radius 1 is 0.903 bits per heavy atom. The molecule has 6 heteroatoms. The van der Waals surface area contributed by atoms with Gasteiger partial charge in [-0.3, -0.25) is 9.36 Å². The van der Waals surface area contributed by atoms with Crippen molar-refractivity contribution < 1.29 is 4.79 Å². The lowest BCUT2D eigenvalue weighted by Gasteiger charge is -2.12. The van der Waals surface area contributed by atoms with E-state index < -0.39 is 0 Å². The fourth-order valence-electron chi connectivity index (χ4n) is 3.20. The normalized spacial score (nSPS) is 10.8. The molecule has 31 heavy (non-hydrogen) atoms. The number of aryl methyl sites for hydroxylation is 3. The van der Waals surface area contributed by atoms with Crippen LogP contribution in [0.3, 0.4) is 0 Å². The maximum absolute atomic E-state index is 12.5. The van der Waals surface area contributed by atoms with Crippen LogP contribution in [0.4, 0.5) is 5.69 Å². The summed E-state index contributed by atoms with van der Waals surface area (Å²) in [7, 11) is 0. The molecular weight excluding hydrogens is 404 g/mol. The third kappa shape index (κ3) is 4.86. The molecule has 0 saturated carbocycles. The lowest BCUT2D eigenvalue weighted by atomic mass is 10.1. The summed E-state index contributed by atoms with van der Waals surface area (Å²) in [6.45, 7) is 6.20. The molecule has 0 spiro atoms. The van der Waals surface area contributed by atoms with E-state index in [0.29, 0.717) is 5.16 Å². The van der Waals surface area contributed by atoms with Crippen molar-refractivity contribution in [1.82, 2.24) is 14.8 Å². The van der Waals surface area contributed by atoms with Crippen LogP contribution in [0.15, 0.2) is 78.0 Å². The number of carbonyl (C=O) groups is 1. The van der Waals surface area contributed by atoms with Crippen molar-refractivity contribution in [2.24, 2.45) is 0 Å². The lowest BCUT2D eigenvalue weighted by molar-refractivity contribution is -0.113. The molecule has 0 aliphatic carbocycles. The summed E-state index contributed by atoms with van der Waals surface area (Å²) in [5.74, 6) is 0.918. The molecule has 1 aromatic heterocycles. The number of nitrogens with one attached hydrogen (secondary N) is 1. The van der Waals surface area contributed by atoms with Gasteiger partial charge in [-0.05, 0) is 56.2 Å². The first-order chi connectivity index (χ1) is 15.0. The molecule has 0 saturated heterocycles. The number of rotatable bonds is 6. The summed E-state index contributed by atoms with van der Waals surface area (Å²) >= 11 is 1.38. The SMILES string of the molecule is Cc1ccc(NC(=O)CSc2nnc(-c3ccccc3)n2-c2ccc(C)c(C)c2)cc1. The second-order valence-corrected chi connectivity index (χ2v) is 8.42. The first-order valence-electron chi connectivity index (χ1n) is 10.1. The summed E-state index contributed by atoms with van der Waals surface area (Å²) in [4.78, 5) is 12.5. The van der Waals surface area contributed by atoms with Crippen LogP contribution in [-0.2, 0) is 4.79 Å². The van der Waals surface area contributed by atoms with E-state index in [0.717, 1.165) is 28.3 Å². The Hall–Kier alpha value is -3.38. The van der Waals surface area contributed by atoms with Crippen molar-refractivity contribution in [2.45, 2.75) is 25.9 Å². The molecule has 4 rings (SSSR count). The summed E-state index contributed by atoms with van der Waals surface area (Å²) in [6, 6.07) is 24.0. The molecule has 0 aliphatic rings. The Labute approximate surface area is 186 Å². The Morgan fingerprint density at radius 2 is 1.65 bits per heavy atom. The van der Waals surface area contributed by atoms with E-state index in [1.54, 1.807) is 0 Å². The summed E-state index contributed by atoms with van der Waals surface area (Å²) in [5.41, 5.74) is 6.32. The number of thioether (sulfide) groups is 1. The van der Waals surface area contributed by atoms with Crippen LogP contribution in [0.2, 0.25) is 0 Å². The maximum atomic E-state index is 12.5. The highest BCUT2D eigenvalue weighted by atomic mass is 32.2. The molecule has 0 unspecified atom stereocenters. The molecule has 0 aliphatic heterocycles. The molecule has 1 amide bonds. The molecule has 3 aromatic carbocycles. The van der Waals surface area contributed by atoms with Crippen molar-refractivity contribution in [3.63, 3.8) is 0 Å². The molecule has 1 heterocycles. The second kappa shape index (κ2) is 9.18. The maximum Gasteiger partial charge on any atom is 0.234 e. The molecule has 4 aromatic rings. The van der Waals surface area contributed by atoms with Crippen molar-refractivity contribution in [2.75, 3.05) is 11.1 Å². The summed E-state index contributed by atoms with van der Waals surface area (Å²) in [5, 5.41) is 12.5. The summed E-state index contributed by atoms with van der Waals surface area (Å²) < 4.78 is 2.02. The Bertz CT molecular complexity index is 1200. The van der Waals surface area contributed by atoms with Gasteiger partial charge in [-0.25, -0.2) is 0 Å². The van der Waals surface area contributed by atoms with Crippen molar-refractivity contribution in [3.05, 3.63) is 89.5 Å². The van der Waals surface area contributed by atoms with Crippen molar-refractivity contribution in [3.8, 4) is 17.1 Å². The van der Waals surface area contributed by atoms with Crippen molar-refractivity contribution in [1.29, 1.82) is 0 Å². The number of benzene rings is 3. The molecule has 0 bridgehead atoms. The van der Waals surface area contributed by atoms with E-state index in [2.05, 4.69) is 47.6 Å². The van der Waals surface area contributed by atoms with Gasteiger partial charge in [0.25, 0.3) is 0 Å². The van der Waals surface area contributed by atoms with Gasteiger partial charge in [0, 0.05) is 11.3 Å². The minimum Gasteiger partial charge on any atom is -0.325 e. The number of amides is 1. The molecule has 5 nitrogen and oxygen atoms in total. The fraction of sp³-hybridized carbons (Fsp3) is 0.160. The quantitative estimate of drug-likeness (QED) is 0.407. The van der Waals surface area contributed by atoms with Crippen LogP contribution in [0.5, 0.6) is 0 Å². The summed E-state index contributed by atoms with van der Waals surface area (Å²) in [6.07, 6.45) is 0. The Balaban J connectivity index is 1.61. The highest BCUT2D eigenvalue weighted by Crippen LogP contribution is 2.29. The van der Waals surface area contributed by atoms with Crippen LogP contribution in [0.1, 0.15) is 16.7 Å². The minimum absolute atomic E-state index is 0.0789. The van der Waals surface area contributed by atoms with Gasteiger partial charge in [0.15, 0.2) is 11.0 Å². The van der Waals surface area contributed by atoms with Gasteiger partial charge in [-0.15, -0.1) is 10.2 Å². The lowest BCUT2D eigenvalue weighted by Crippen LogP contribution is -2.14. The molecule has 1 N–H and O–H groups in total. The van der Waals surface area contributed by atoms with E-state index in [9.17, 15) is 4.79 Å². The van der Waals surface area contributed by atoms with Crippen LogP contribution >= 0.6 is 11.8 Å². The number of hydrogen-bond acceptors (Lipinski definition) is 4. The van der Waals surface area contributed by atoms with Crippen LogP contribution in [0, 0.1) is 20.8 Å². The third-order valence-electron chi connectivity index (χ3n) is 5.08. The van der Waals surface area contributed by atoms with Gasteiger partial charge < -0.3 is 5.32 Å². The largest absolute Gasteiger partial charge is 0.325 e. The van der Waals surface area contributed by atoms with E-state index >= 15 is 0 Å². The topological polar surface area (TPSA) is 59.8 Å². The van der Waals surface area contributed by atoms with E-state index in [1.807, 2.05) is 66.1 Å². The Kier molecular flexibility index (Phi) is 6.18. The number of nitrogens with zero attached hydrogens (tertiary/aromatic N) is 3.